The number of carbonyl (C=O) groups is 2. The first-order valence-corrected chi connectivity index (χ1v) is 7.13. The molecule has 1 saturated heterocycles. The van der Waals surface area contributed by atoms with Crippen LogP contribution in [0.2, 0.25) is 0 Å². The van der Waals surface area contributed by atoms with Crippen molar-refractivity contribution in [2.75, 3.05) is 23.7 Å². The van der Waals surface area contributed by atoms with Crippen LogP contribution in [-0.2, 0) is 9.59 Å². The van der Waals surface area contributed by atoms with Gasteiger partial charge < -0.3 is 16.0 Å². The quantitative estimate of drug-likeness (QED) is 0.744. The van der Waals surface area contributed by atoms with Gasteiger partial charge in [-0.2, -0.15) is 0 Å². The molecule has 2 rings (SSSR count). The molecule has 0 spiro atoms. The molecule has 0 radical (unpaired) electrons. The van der Waals surface area contributed by atoms with Gasteiger partial charge in [0, 0.05) is 36.5 Å². The predicted molar refractivity (Wildman–Crippen MR) is 84.3 cm³/mol. The van der Waals surface area contributed by atoms with Crippen LogP contribution < -0.4 is 16.0 Å². The molecule has 1 aromatic carbocycles. The third-order valence-electron chi connectivity index (χ3n) is 3.72. The maximum Gasteiger partial charge on any atom is 0.251 e. The molecular weight excluding hydrogens is 266 g/mol. The minimum absolute atomic E-state index is 0.0413. The Hall–Kier alpha value is -2.14. The Morgan fingerprint density at radius 2 is 1.81 bits per heavy atom. The fourth-order valence-electron chi connectivity index (χ4n) is 2.04. The number of hydrogen-bond donors (Lipinski definition) is 3. The molecule has 2 amide bonds. The number of anilines is 2. The van der Waals surface area contributed by atoms with Crippen molar-refractivity contribution in [3.05, 3.63) is 34.9 Å². The molecule has 0 unspecified atom stereocenters. The van der Waals surface area contributed by atoms with Crippen molar-refractivity contribution < 1.29 is 9.59 Å². The molecule has 5 heteroatoms. The highest BCUT2D eigenvalue weighted by Crippen LogP contribution is 2.24. The van der Waals surface area contributed by atoms with E-state index in [9.17, 15) is 9.59 Å². The zero-order chi connectivity index (χ0) is 15.4. The zero-order valence-electron chi connectivity index (χ0n) is 12.7. The summed E-state index contributed by atoms with van der Waals surface area (Å²) < 4.78 is 0. The lowest BCUT2D eigenvalue weighted by atomic mass is 10.0. The van der Waals surface area contributed by atoms with Gasteiger partial charge in [0.15, 0.2) is 0 Å². The van der Waals surface area contributed by atoms with Crippen molar-refractivity contribution >= 4 is 23.2 Å². The fraction of sp³-hybridized carbons (Fsp3) is 0.375. The molecule has 5 nitrogen and oxygen atoms in total. The van der Waals surface area contributed by atoms with E-state index in [-0.39, 0.29) is 11.8 Å². The molecule has 0 bridgehead atoms. The first-order valence-electron chi connectivity index (χ1n) is 7.13. The van der Waals surface area contributed by atoms with Gasteiger partial charge in [-0.25, -0.2) is 0 Å². The first kappa shape index (κ1) is 15.3. The number of nitrogens with one attached hydrogen (secondary N) is 3. The van der Waals surface area contributed by atoms with Crippen LogP contribution in [0.5, 0.6) is 0 Å². The summed E-state index contributed by atoms with van der Waals surface area (Å²) in [6, 6.07) is 5.49. The second-order valence-corrected chi connectivity index (χ2v) is 5.17. The van der Waals surface area contributed by atoms with Crippen molar-refractivity contribution in [1.82, 2.24) is 5.32 Å². The average Bonchev–Trinajstić information content (AvgIpc) is 2.41. The minimum atomic E-state index is -0.0893. The molecule has 0 aliphatic carbocycles. The Kier molecular flexibility index (Phi) is 4.75. The molecule has 1 aliphatic heterocycles. The summed E-state index contributed by atoms with van der Waals surface area (Å²) in [5.41, 5.74) is 4.21. The van der Waals surface area contributed by atoms with Gasteiger partial charge >= 0.3 is 0 Å². The number of benzene rings is 1. The summed E-state index contributed by atoms with van der Waals surface area (Å²) >= 11 is 0. The SMILES string of the molecule is CCC(=O)Nc1cccc(NC(=O)C(C)=C2CNC2)c1C. The largest absolute Gasteiger partial charge is 0.326 e. The average molecular weight is 287 g/mol. The maximum atomic E-state index is 12.2. The lowest BCUT2D eigenvalue weighted by Crippen LogP contribution is -2.36. The number of hydrogen-bond acceptors (Lipinski definition) is 3. The molecule has 1 aliphatic rings. The smallest absolute Gasteiger partial charge is 0.251 e. The van der Waals surface area contributed by atoms with Gasteiger partial charge in [0.25, 0.3) is 5.91 Å². The van der Waals surface area contributed by atoms with Crippen LogP contribution in [0.1, 0.15) is 25.8 Å². The van der Waals surface area contributed by atoms with Crippen molar-refractivity contribution in [2.45, 2.75) is 27.2 Å². The van der Waals surface area contributed by atoms with Gasteiger partial charge in [-0.15, -0.1) is 0 Å². The van der Waals surface area contributed by atoms with Crippen LogP contribution in [0.25, 0.3) is 0 Å². The number of amides is 2. The lowest BCUT2D eigenvalue weighted by molar-refractivity contribution is -0.116. The maximum absolute atomic E-state index is 12.2. The Labute approximate surface area is 124 Å². The molecule has 1 heterocycles. The summed E-state index contributed by atoms with van der Waals surface area (Å²) in [5.74, 6) is -0.131. The fourth-order valence-corrected chi connectivity index (χ4v) is 2.04. The van der Waals surface area contributed by atoms with E-state index in [0.29, 0.717) is 6.42 Å². The molecule has 1 aromatic rings. The lowest BCUT2D eigenvalue weighted by Gasteiger charge is -2.22. The molecule has 21 heavy (non-hydrogen) atoms. The van der Waals surface area contributed by atoms with E-state index in [1.165, 1.54) is 0 Å². The second-order valence-electron chi connectivity index (χ2n) is 5.17. The molecule has 0 aromatic heterocycles. The summed E-state index contributed by atoms with van der Waals surface area (Å²) in [7, 11) is 0. The van der Waals surface area contributed by atoms with Crippen LogP contribution in [0.15, 0.2) is 29.3 Å². The third-order valence-corrected chi connectivity index (χ3v) is 3.72. The van der Waals surface area contributed by atoms with Crippen molar-refractivity contribution in [2.24, 2.45) is 0 Å². The summed E-state index contributed by atoms with van der Waals surface area (Å²) in [6.45, 7) is 7.09. The van der Waals surface area contributed by atoms with E-state index in [0.717, 1.165) is 41.2 Å². The molecule has 3 N–H and O–H groups in total. The topological polar surface area (TPSA) is 70.2 Å². The van der Waals surface area contributed by atoms with E-state index < -0.39 is 0 Å². The normalized spacial score (nSPS) is 13.4. The van der Waals surface area contributed by atoms with Crippen LogP contribution >= 0.6 is 0 Å². The monoisotopic (exact) mass is 287 g/mol. The van der Waals surface area contributed by atoms with Gasteiger partial charge in [-0.3, -0.25) is 9.59 Å². The Morgan fingerprint density at radius 1 is 1.19 bits per heavy atom. The van der Waals surface area contributed by atoms with Crippen molar-refractivity contribution in [3.8, 4) is 0 Å². The van der Waals surface area contributed by atoms with E-state index in [1.807, 2.05) is 32.0 Å². The van der Waals surface area contributed by atoms with Crippen molar-refractivity contribution in [1.29, 1.82) is 0 Å². The van der Waals surface area contributed by atoms with Crippen LogP contribution in [0, 0.1) is 6.92 Å². The summed E-state index contributed by atoms with van der Waals surface area (Å²) in [6.07, 6.45) is 0.425. The van der Waals surface area contributed by atoms with E-state index in [2.05, 4.69) is 16.0 Å². The van der Waals surface area contributed by atoms with Crippen LogP contribution in [0.3, 0.4) is 0 Å². The van der Waals surface area contributed by atoms with Gasteiger partial charge in [0.1, 0.15) is 0 Å². The van der Waals surface area contributed by atoms with Gasteiger partial charge in [-0.1, -0.05) is 13.0 Å². The molecular formula is C16H21N3O2. The predicted octanol–water partition coefficient (Wildman–Crippen LogP) is 2.20. The van der Waals surface area contributed by atoms with Crippen molar-refractivity contribution in [3.63, 3.8) is 0 Å². The highest BCUT2D eigenvalue weighted by atomic mass is 16.2. The minimum Gasteiger partial charge on any atom is -0.326 e. The Bertz CT molecular complexity index is 600. The molecule has 0 saturated carbocycles. The van der Waals surface area contributed by atoms with E-state index in [1.54, 1.807) is 6.92 Å². The third kappa shape index (κ3) is 3.49. The van der Waals surface area contributed by atoms with Crippen LogP contribution in [0.4, 0.5) is 11.4 Å². The Balaban J connectivity index is 2.15. The number of rotatable bonds is 4. The summed E-state index contributed by atoms with van der Waals surface area (Å²) in [5, 5.41) is 8.87. The van der Waals surface area contributed by atoms with E-state index >= 15 is 0 Å². The van der Waals surface area contributed by atoms with Gasteiger partial charge in [0.05, 0.1) is 0 Å². The number of carbonyl (C=O) groups excluding carboxylic acids is 2. The highest BCUT2D eigenvalue weighted by molar-refractivity contribution is 6.05. The van der Waals surface area contributed by atoms with Gasteiger partial charge in [0.2, 0.25) is 5.91 Å². The Morgan fingerprint density at radius 3 is 2.33 bits per heavy atom. The summed E-state index contributed by atoms with van der Waals surface area (Å²) in [4.78, 5) is 23.7. The highest BCUT2D eigenvalue weighted by Gasteiger charge is 2.17. The second kappa shape index (κ2) is 6.54. The molecule has 112 valence electrons. The standard InChI is InChI=1S/C16H21N3O2/c1-4-15(20)18-13-6-5-7-14(11(13)3)19-16(21)10(2)12-8-17-9-12/h5-7,17H,4,8-9H2,1-3H3,(H,18,20)(H,19,21). The van der Waals surface area contributed by atoms with Crippen LogP contribution in [-0.4, -0.2) is 24.9 Å². The molecule has 0 atom stereocenters. The first-order chi connectivity index (χ1) is 10.0. The zero-order valence-corrected chi connectivity index (χ0v) is 12.7. The van der Waals surface area contributed by atoms with Gasteiger partial charge in [-0.05, 0) is 37.1 Å². The molecule has 1 fully saturated rings. The van der Waals surface area contributed by atoms with E-state index in [4.69, 9.17) is 0 Å².